The molecule has 2 amide bonds. The van der Waals surface area contributed by atoms with E-state index in [9.17, 15) is 18.4 Å². The molecule has 0 aliphatic carbocycles. The summed E-state index contributed by atoms with van der Waals surface area (Å²) in [6.45, 7) is 0.266. The number of halogens is 2. The summed E-state index contributed by atoms with van der Waals surface area (Å²) in [6.07, 6.45) is 1.53. The minimum atomic E-state index is -2.89. The van der Waals surface area contributed by atoms with Gasteiger partial charge in [-0.2, -0.15) is 8.78 Å². The van der Waals surface area contributed by atoms with Gasteiger partial charge in [0.25, 0.3) is 5.91 Å². The highest BCUT2D eigenvalue weighted by Gasteiger charge is 2.32. The monoisotopic (exact) mass is 573 g/mol. The molecule has 0 radical (unpaired) electrons. The molecule has 42 heavy (non-hydrogen) atoms. The zero-order chi connectivity index (χ0) is 29.2. The number of hydrogen-bond acceptors (Lipinski definition) is 9. The van der Waals surface area contributed by atoms with E-state index in [-0.39, 0.29) is 23.5 Å². The van der Waals surface area contributed by atoms with Gasteiger partial charge >= 0.3 is 6.55 Å². The van der Waals surface area contributed by atoms with Gasteiger partial charge in [0.1, 0.15) is 11.2 Å². The number of tetrazole rings is 1. The van der Waals surface area contributed by atoms with Crippen LogP contribution in [0.2, 0.25) is 0 Å². The number of piperazine rings is 1. The first-order chi connectivity index (χ1) is 20.4. The number of alkyl halides is 2. The average molecular weight is 574 g/mol. The zero-order valence-corrected chi connectivity index (χ0v) is 22.4. The number of rotatable bonds is 7. The molecule has 4 heterocycles. The highest BCUT2D eigenvalue weighted by Crippen LogP contribution is 2.29. The van der Waals surface area contributed by atoms with E-state index in [1.165, 1.54) is 13.1 Å². The van der Waals surface area contributed by atoms with Crippen molar-refractivity contribution in [2.75, 3.05) is 31.5 Å². The molecule has 1 N–H and O–H groups in total. The lowest BCUT2D eigenvalue weighted by Gasteiger charge is -2.38. The number of pyridine rings is 1. The highest BCUT2D eigenvalue weighted by molar-refractivity contribution is 5.95. The lowest BCUT2D eigenvalue weighted by Crippen LogP contribution is -2.50. The van der Waals surface area contributed by atoms with E-state index >= 15 is 0 Å². The molecule has 0 bridgehead atoms. The molecular weight excluding hydrogens is 548 g/mol. The lowest BCUT2D eigenvalue weighted by atomic mass is 10.0. The fraction of sp³-hybridized carbons (Fsp3) is 0.250. The first-order valence-electron chi connectivity index (χ1n) is 13.2. The van der Waals surface area contributed by atoms with Gasteiger partial charge in [0.05, 0.1) is 6.04 Å². The second-order valence-electron chi connectivity index (χ2n) is 9.70. The Labute approximate surface area is 238 Å². The molecule has 0 spiro atoms. The van der Waals surface area contributed by atoms with E-state index in [1.54, 1.807) is 35.2 Å². The Balaban J connectivity index is 1.18. The smallest absolute Gasteiger partial charge is 0.350 e. The number of benzene rings is 2. The maximum absolute atomic E-state index is 13.5. The highest BCUT2D eigenvalue weighted by atomic mass is 19.3. The largest absolute Gasteiger partial charge is 0.435 e. The second-order valence-corrected chi connectivity index (χ2v) is 9.70. The van der Waals surface area contributed by atoms with E-state index in [2.05, 4.69) is 35.6 Å². The van der Waals surface area contributed by atoms with Crippen LogP contribution in [0.3, 0.4) is 0 Å². The number of nitrogens with zero attached hydrogens (tertiary/aromatic N) is 8. The number of anilines is 1. The van der Waals surface area contributed by atoms with Gasteiger partial charge < -0.3 is 14.6 Å². The van der Waals surface area contributed by atoms with E-state index in [0.717, 1.165) is 5.56 Å². The third-order valence-electron chi connectivity index (χ3n) is 6.88. The van der Waals surface area contributed by atoms with Gasteiger partial charge in [-0.25, -0.2) is 4.98 Å². The zero-order valence-electron chi connectivity index (χ0n) is 22.4. The van der Waals surface area contributed by atoms with Crippen molar-refractivity contribution in [3.8, 4) is 11.6 Å². The first kappa shape index (κ1) is 27.1. The molecule has 1 fully saturated rings. The summed E-state index contributed by atoms with van der Waals surface area (Å²) >= 11 is 0. The molecule has 14 heteroatoms. The maximum atomic E-state index is 13.5. The minimum absolute atomic E-state index is 0.169. The predicted molar refractivity (Wildman–Crippen MR) is 146 cm³/mol. The molecule has 0 unspecified atom stereocenters. The van der Waals surface area contributed by atoms with Crippen LogP contribution in [0.15, 0.2) is 71.3 Å². The number of aromatic nitrogens is 6. The topological polar surface area (TPSA) is 135 Å². The fourth-order valence-corrected chi connectivity index (χ4v) is 4.95. The van der Waals surface area contributed by atoms with Crippen molar-refractivity contribution in [1.29, 1.82) is 0 Å². The summed E-state index contributed by atoms with van der Waals surface area (Å²) in [4.78, 5) is 37.7. The van der Waals surface area contributed by atoms with Crippen LogP contribution < -0.4 is 5.32 Å². The van der Waals surface area contributed by atoms with Crippen LogP contribution in [0.4, 0.5) is 14.5 Å². The Kier molecular flexibility index (Phi) is 7.35. The number of oxazole rings is 1. The van der Waals surface area contributed by atoms with E-state index in [4.69, 9.17) is 4.42 Å². The van der Waals surface area contributed by atoms with Gasteiger partial charge in [-0.05, 0) is 41.1 Å². The maximum Gasteiger partial charge on any atom is 0.350 e. The van der Waals surface area contributed by atoms with Crippen LogP contribution in [0.5, 0.6) is 0 Å². The third kappa shape index (κ3) is 5.56. The Morgan fingerprint density at radius 3 is 2.50 bits per heavy atom. The van der Waals surface area contributed by atoms with Crippen LogP contribution in [-0.2, 0) is 4.79 Å². The van der Waals surface area contributed by atoms with Crippen LogP contribution >= 0.6 is 0 Å². The molecule has 1 aliphatic heterocycles. The Hall–Kier alpha value is -5.11. The number of amides is 2. The Bertz CT molecular complexity index is 1730. The number of fused-ring (bicyclic) bond motifs is 1. The van der Waals surface area contributed by atoms with Crippen LogP contribution in [-0.4, -0.2) is 78.0 Å². The predicted octanol–water partition coefficient (Wildman–Crippen LogP) is 3.78. The van der Waals surface area contributed by atoms with Gasteiger partial charge in [0.2, 0.25) is 11.8 Å². The summed E-state index contributed by atoms with van der Waals surface area (Å²) in [5.74, 6) is 0.0426. The lowest BCUT2D eigenvalue weighted by molar-refractivity contribution is -0.114. The summed E-state index contributed by atoms with van der Waals surface area (Å²) in [5, 5.41) is 14.0. The summed E-state index contributed by atoms with van der Waals surface area (Å²) in [5.41, 5.74) is 3.32. The molecule has 6 rings (SSSR count). The van der Waals surface area contributed by atoms with E-state index in [1.807, 2.05) is 30.3 Å². The summed E-state index contributed by atoms with van der Waals surface area (Å²) in [7, 11) is 0. The molecule has 2 aromatic carbocycles. The molecule has 5 aromatic rings. The second kappa shape index (κ2) is 11.4. The number of carbonyl (C=O) groups excluding carboxylic acids is 2. The summed E-state index contributed by atoms with van der Waals surface area (Å²) < 4.78 is 32.2. The van der Waals surface area contributed by atoms with Gasteiger partial charge in [-0.1, -0.05) is 35.1 Å². The molecule has 3 aromatic heterocycles. The number of hydrogen-bond donors (Lipinski definition) is 1. The van der Waals surface area contributed by atoms with Crippen molar-refractivity contribution < 1.29 is 22.8 Å². The molecular formula is C28H25F2N9O3. The van der Waals surface area contributed by atoms with Crippen molar-refractivity contribution in [1.82, 2.24) is 40.0 Å². The van der Waals surface area contributed by atoms with Crippen molar-refractivity contribution in [3.05, 3.63) is 83.8 Å². The van der Waals surface area contributed by atoms with Gasteiger partial charge in [-0.3, -0.25) is 19.5 Å². The first-order valence-corrected chi connectivity index (χ1v) is 13.2. The minimum Gasteiger partial charge on any atom is -0.435 e. The molecule has 1 atom stereocenters. The molecule has 1 saturated heterocycles. The molecule has 12 nitrogen and oxygen atoms in total. The third-order valence-corrected chi connectivity index (χ3v) is 6.88. The van der Waals surface area contributed by atoms with Crippen molar-refractivity contribution in [2.24, 2.45) is 0 Å². The molecule has 214 valence electrons. The van der Waals surface area contributed by atoms with Crippen molar-refractivity contribution >= 4 is 28.6 Å². The van der Waals surface area contributed by atoms with E-state index in [0.29, 0.717) is 59.0 Å². The number of carbonyl (C=O) groups is 2. The number of nitrogens with one attached hydrogen (secondary N) is 1. The van der Waals surface area contributed by atoms with Gasteiger partial charge in [-0.15, -0.1) is 10.2 Å². The normalized spacial score (nSPS) is 14.8. The Morgan fingerprint density at radius 1 is 1.00 bits per heavy atom. The summed E-state index contributed by atoms with van der Waals surface area (Å²) in [6, 6.07) is 17.3. The average Bonchev–Trinajstić information content (AvgIpc) is 3.66. The molecule has 0 saturated carbocycles. The SMILES string of the molecule is CC(=O)Nc1ccc2oc(-c3cc(C(=O)N4CCN([C@H](c5ccccc5)c5nnn(C(F)F)n5)CC4)ccn3)nc2c1. The van der Waals surface area contributed by atoms with Crippen LogP contribution in [0.1, 0.15) is 41.3 Å². The molecule has 1 aliphatic rings. The fourth-order valence-electron chi connectivity index (χ4n) is 4.95. The van der Waals surface area contributed by atoms with Crippen molar-refractivity contribution in [2.45, 2.75) is 19.5 Å². The van der Waals surface area contributed by atoms with Crippen molar-refractivity contribution in [3.63, 3.8) is 0 Å². The van der Waals surface area contributed by atoms with Crippen LogP contribution in [0, 0.1) is 0 Å². The van der Waals surface area contributed by atoms with E-state index < -0.39 is 12.6 Å². The van der Waals surface area contributed by atoms with Gasteiger partial charge in [0.15, 0.2) is 11.4 Å². The Morgan fingerprint density at radius 2 is 1.79 bits per heavy atom. The quantitative estimate of drug-likeness (QED) is 0.309. The van der Waals surface area contributed by atoms with Gasteiger partial charge in [0, 0.05) is 50.6 Å². The van der Waals surface area contributed by atoms with Crippen LogP contribution in [0.25, 0.3) is 22.7 Å². The standard InChI is InChI=1S/C28H25F2N9O3/c1-17(40)32-20-7-8-23-21(16-20)33-26(42-23)22-15-19(9-10-31-22)27(41)38-13-11-37(12-14-38)24(18-5-3-2-4-6-18)25-34-36-39(35-25)28(29)30/h2-10,15-16,24,28H,11-14H2,1H3,(H,32,40)/t24-/m1/s1.